The molecule has 0 aliphatic carbocycles. The number of carbonyl (C=O) groups is 1. The van der Waals surface area contributed by atoms with Gasteiger partial charge in [0.1, 0.15) is 11.1 Å². The zero-order valence-corrected chi connectivity index (χ0v) is 9.18. The molecule has 0 aromatic carbocycles. The topological polar surface area (TPSA) is 74.0 Å². The Morgan fingerprint density at radius 2 is 2.47 bits per heavy atom. The Morgan fingerprint density at radius 3 is 3.07 bits per heavy atom. The van der Waals surface area contributed by atoms with Gasteiger partial charge in [-0.2, -0.15) is 5.26 Å². The molecular formula is C9H7ClN2O2S. The minimum Gasteiger partial charge on any atom is -0.481 e. The molecule has 0 atom stereocenters. The minimum atomic E-state index is -0.866. The summed E-state index contributed by atoms with van der Waals surface area (Å²) in [4.78, 5) is 14.2. The largest absolute Gasteiger partial charge is 0.481 e. The van der Waals surface area contributed by atoms with E-state index in [1.807, 2.05) is 6.07 Å². The van der Waals surface area contributed by atoms with Gasteiger partial charge in [-0.3, -0.25) is 4.79 Å². The van der Waals surface area contributed by atoms with Crippen molar-refractivity contribution in [3.8, 4) is 6.07 Å². The third-order valence-electron chi connectivity index (χ3n) is 1.53. The molecule has 0 aliphatic rings. The van der Waals surface area contributed by atoms with Crippen LogP contribution in [0.4, 0.5) is 0 Å². The summed E-state index contributed by atoms with van der Waals surface area (Å²) in [5, 5.41) is 17.9. The van der Waals surface area contributed by atoms with Crippen molar-refractivity contribution >= 4 is 29.3 Å². The van der Waals surface area contributed by atoms with E-state index in [1.54, 1.807) is 0 Å². The average Bonchev–Trinajstić information content (AvgIpc) is 2.20. The zero-order valence-electron chi connectivity index (χ0n) is 7.61. The van der Waals surface area contributed by atoms with Crippen molar-refractivity contribution in [1.82, 2.24) is 4.98 Å². The molecule has 0 saturated carbocycles. The van der Waals surface area contributed by atoms with Crippen molar-refractivity contribution in [3.63, 3.8) is 0 Å². The van der Waals surface area contributed by atoms with Crippen LogP contribution in [0.2, 0.25) is 5.02 Å². The summed E-state index contributed by atoms with van der Waals surface area (Å²) in [6.45, 7) is 0. The molecule has 0 unspecified atom stereocenters. The summed E-state index contributed by atoms with van der Waals surface area (Å²) in [6, 6.07) is 3.45. The van der Waals surface area contributed by atoms with Gasteiger partial charge in [-0.05, 0) is 6.07 Å². The first-order valence-electron chi connectivity index (χ1n) is 4.04. The quantitative estimate of drug-likeness (QED) is 0.819. The van der Waals surface area contributed by atoms with Gasteiger partial charge in [-0.25, -0.2) is 4.98 Å². The highest BCUT2D eigenvalue weighted by Gasteiger charge is 2.08. The maximum atomic E-state index is 10.3. The van der Waals surface area contributed by atoms with Crippen molar-refractivity contribution in [2.45, 2.75) is 11.4 Å². The lowest BCUT2D eigenvalue weighted by molar-refractivity contribution is -0.136. The molecule has 0 saturated heterocycles. The number of nitrogens with zero attached hydrogens (tertiary/aromatic N) is 2. The standard InChI is InChI=1S/C9H7ClN2O2S/c10-8-6(5-11)1-3-12-9(8)15-4-2-7(13)14/h1,3H,2,4H2,(H,13,14). The van der Waals surface area contributed by atoms with Gasteiger partial charge in [0.05, 0.1) is 17.0 Å². The number of hydrogen-bond acceptors (Lipinski definition) is 4. The normalized spacial score (nSPS) is 9.60. The molecule has 0 amide bonds. The summed E-state index contributed by atoms with van der Waals surface area (Å²) >= 11 is 7.10. The second kappa shape index (κ2) is 5.59. The van der Waals surface area contributed by atoms with E-state index in [1.165, 1.54) is 24.0 Å². The molecular weight excluding hydrogens is 236 g/mol. The fraction of sp³-hybridized carbons (Fsp3) is 0.222. The summed E-state index contributed by atoms with van der Waals surface area (Å²) in [7, 11) is 0. The van der Waals surface area contributed by atoms with Gasteiger partial charge < -0.3 is 5.11 Å². The molecule has 0 fully saturated rings. The first-order valence-corrected chi connectivity index (χ1v) is 5.40. The maximum absolute atomic E-state index is 10.3. The van der Waals surface area contributed by atoms with E-state index in [-0.39, 0.29) is 11.4 Å². The lowest BCUT2D eigenvalue weighted by Crippen LogP contribution is -1.96. The second-order valence-electron chi connectivity index (χ2n) is 2.58. The van der Waals surface area contributed by atoms with Crippen molar-refractivity contribution < 1.29 is 9.90 Å². The smallest absolute Gasteiger partial charge is 0.304 e. The number of aliphatic carboxylic acids is 1. The molecule has 1 N–H and O–H groups in total. The summed E-state index contributed by atoms with van der Waals surface area (Å²) in [5.41, 5.74) is 0.351. The molecule has 0 aliphatic heterocycles. The molecule has 78 valence electrons. The highest BCUT2D eigenvalue weighted by atomic mass is 35.5. The molecule has 15 heavy (non-hydrogen) atoms. The number of nitriles is 1. The molecule has 4 nitrogen and oxygen atoms in total. The van der Waals surface area contributed by atoms with E-state index < -0.39 is 5.97 Å². The van der Waals surface area contributed by atoms with E-state index in [4.69, 9.17) is 22.0 Å². The molecule has 0 radical (unpaired) electrons. The Labute approximate surface area is 95.9 Å². The summed E-state index contributed by atoms with van der Waals surface area (Å²) < 4.78 is 0. The summed E-state index contributed by atoms with van der Waals surface area (Å²) in [6.07, 6.45) is 1.52. The van der Waals surface area contributed by atoms with Gasteiger partial charge in [0.15, 0.2) is 0 Å². The Balaban J connectivity index is 2.70. The molecule has 0 bridgehead atoms. The highest BCUT2D eigenvalue weighted by molar-refractivity contribution is 7.99. The van der Waals surface area contributed by atoms with Crippen LogP contribution in [-0.2, 0) is 4.79 Å². The molecule has 1 heterocycles. The molecule has 1 aromatic rings. The monoisotopic (exact) mass is 242 g/mol. The van der Waals surface area contributed by atoms with Gasteiger partial charge in [0.2, 0.25) is 0 Å². The number of carboxylic acids is 1. The van der Waals surface area contributed by atoms with Gasteiger partial charge in [-0.15, -0.1) is 11.8 Å². The van der Waals surface area contributed by atoms with E-state index in [9.17, 15) is 4.79 Å². The Bertz CT molecular complexity index is 417. The molecule has 0 spiro atoms. The predicted molar refractivity (Wildman–Crippen MR) is 56.9 cm³/mol. The number of thioether (sulfide) groups is 1. The number of pyridine rings is 1. The number of halogens is 1. The fourth-order valence-corrected chi connectivity index (χ4v) is 2.01. The van der Waals surface area contributed by atoms with Crippen LogP contribution < -0.4 is 0 Å². The first kappa shape index (κ1) is 11.8. The van der Waals surface area contributed by atoms with E-state index in [0.717, 1.165) is 0 Å². The van der Waals surface area contributed by atoms with Crippen LogP contribution in [0.3, 0.4) is 0 Å². The lowest BCUT2D eigenvalue weighted by Gasteiger charge is -2.02. The Kier molecular flexibility index (Phi) is 4.40. The van der Waals surface area contributed by atoms with E-state index >= 15 is 0 Å². The van der Waals surface area contributed by atoms with Crippen LogP contribution in [0.5, 0.6) is 0 Å². The Morgan fingerprint density at radius 1 is 1.73 bits per heavy atom. The van der Waals surface area contributed by atoms with Crippen molar-refractivity contribution in [2.75, 3.05) is 5.75 Å². The second-order valence-corrected chi connectivity index (χ2v) is 4.04. The molecule has 6 heteroatoms. The number of rotatable bonds is 4. The van der Waals surface area contributed by atoms with Gasteiger partial charge in [0, 0.05) is 11.9 Å². The van der Waals surface area contributed by atoms with E-state index in [0.29, 0.717) is 16.3 Å². The third kappa shape index (κ3) is 3.42. The van der Waals surface area contributed by atoms with Crippen LogP contribution in [0, 0.1) is 11.3 Å². The van der Waals surface area contributed by atoms with Crippen molar-refractivity contribution in [1.29, 1.82) is 5.26 Å². The number of aromatic nitrogens is 1. The maximum Gasteiger partial charge on any atom is 0.304 e. The van der Waals surface area contributed by atoms with Gasteiger partial charge >= 0.3 is 5.97 Å². The first-order chi connectivity index (χ1) is 7.15. The van der Waals surface area contributed by atoms with Crippen molar-refractivity contribution in [2.24, 2.45) is 0 Å². The highest BCUT2D eigenvalue weighted by Crippen LogP contribution is 2.27. The van der Waals surface area contributed by atoms with Gasteiger partial charge in [-0.1, -0.05) is 11.6 Å². The Hall–Kier alpha value is -1.25. The SMILES string of the molecule is N#Cc1ccnc(SCCC(=O)O)c1Cl. The van der Waals surface area contributed by atoms with E-state index in [2.05, 4.69) is 4.98 Å². The molecule has 1 rings (SSSR count). The fourth-order valence-electron chi connectivity index (χ4n) is 0.847. The van der Waals surface area contributed by atoms with Crippen molar-refractivity contribution in [3.05, 3.63) is 22.8 Å². The zero-order chi connectivity index (χ0) is 11.3. The predicted octanol–water partition coefficient (Wildman–Crippen LogP) is 2.17. The van der Waals surface area contributed by atoms with Crippen LogP contribution in [0.25, 0.3) is 0 Å². The third-order valence-corrected chi connectivity index (χ3v) is 3.02. The van der Waals surface area contributed by atoms with Gasteiger partial charge in [0.25, 0.3) is 0 Å². The van der Waals surface area contributed by atoms with Crippen LogP contribution in [0.15, 0.2) is 17.3 Å². The lowest BCUT2D eigenvalue weighted by atomic mass is 10.3. The van der Waals surface area contributed by atoms with Crippen LogP contribution in [0.1, 0.15) is 12.0 Å². The number of hydrogen-bond donors (Lipinski definition) is 1. The number of carboxylic acid groups (broad SMARTS) is 1. The molecule has 1 aromatic heterocycles. The minimum absolute atomic E-state index is 0.0411. The summed E-state index contributed by atoms with van der Waals surface area (Å²) in [5.74, 6) is -0.480. The average molecular weight is 243 g/mol. The van der Waals surface area contributed by atoms with Crippen LogP contribution >= 0.6 is 23.4 Å². The van der Waals surface area contributed by atoms with Crippen LogP contribution in [-0.4, -0.2) is 21.8 Å².